The number of rotatable bonds is 4. The molecule has 94 valence electrons. The Morgan fingerprint density at radius 1 is 1.35 bits per heavy atom. The van der Waals surface area contributed by atoms with Crippen molar-refractivity contribution in [3.63, 3.8) is 0 Å². The maximum absolute atomic E-state index is 6.45. The lowest BCUT2D eigenvalue weighted by atomic mass is 9.77. The molecule has 0 bridgehead atoms. The summed E-state index contributed by atoms with van der Waals surface area (Å²) in [5, 5.41) is 3.51. The van der Waals surface area contributed by atoms with Crippen molar-refractivity contribution < 1.29 is 0 Å². The van der Waals surface area contributed by atoms with E-state index in [1.54, 1.807) is 0 Å². The lowest BCUT2D eigenvalue weighted by Crippen LogP contribution is -2.51. The molecule has 1 fully saturated rings. The van der Waals surface area contributed by atoms with Crippen LogP contribution in [0.3, 0.4) is 0 Å². The molecule has 0 heterocycles. The summed E-state index contributed by atoms with van der Waals surface area (Å²) in [6.45, 7) is 4.18. The van der Waals surface area contributed by atoms with E-state index in [9.17, 15) is 0 Å². The smallest absolute Gasteiger partial charge is 0.0283 e. The van der Waals surface area contributed by atoms with Crippen LogP contribution < -0.4 is 11.1 Å². The molecule has 2 atom stereocenters. The van der Waals surface area contributed by atoms with Gasteiger partial charge in [-0.05, 0) is 24.3 Å². The van der Waals surface area contributed by atoms with Gasteiger partial charge in [0.25, 0.3) is 0 Å². The first kappa shape index (κ1) is 12.6. The van der Waals surface area contributed by atoms with Crippen molar-refractivity contribution in [1.29, 1.82) is 0 Å². The van der Waals surface area contributed by atoms with E-state index >= 15 is 0 Å². The van der Waals surface area contributed by atoms with Gasteiger partial charge >= 0.3 is 0 Å². The number of nitrogens with two attached hydrogens (primary N) is 1. The van der Waals surface area contributed by atoms with E-state index in [1.165, 1.54) is 24.8 Å². The summed E-state index contributed by atoms with van der Waals surface area (Å²) in [6, 6.07) is 10.5. The van der Waals surface area contributed by atoms with Gasteiger partial charge in [-0.1, -0.05) is 50.1 Å². The van der Waals surface area contributed by atoms with Crippen LogP contribution in [0.5, 0.6) is 0 Å². The zero-order chi connectivity index (χ0) is 12.1. The summed E-state index contributed by atoms with van der Waals surface area (Å²) in [7, 11) is 0. The molecule has 1 saturated carbocycles. The van der Waals surface area contributed by atoms with Crippen molar-refractivity contribution in [3.05, 3.63) is 35.9 Å². The summed E-state index contributed by atoms with van der Waals surface area (Å²) < 4.78 is 0. The Morgan fingerprint density at radius 3 is 2.82 bits per heavy atom. The lowest BCUT2D eigenvalue weighted by Gasteiger charge is -2.37. The third kappa shape index (κ3) is 3.83. The Kier molecular flexibility index (Phi) is 4.19. The molecule has 3 N–H and O–H groups in total. The first-order valence-corrected chi connectivity index (χ1v) is 6.71. The minimum absolute atomic E-state index is 0.0203. The van der Waals surface area contributed by atoms with Crippen molar-refractivity contribution in [1.82, 2.24) is 5.32 Å². The average Bonchev–Trinajstić information content (AvgIpc) is 2.30. The number of hydrogen-bond donors (Lipinski definition) is 2. The molecule has 0 aromatic heterocycles. The van der Waals surface area contributed by atoms with Crippen LogP contribution in [0.25, 0.3) is 0 Å². The highest BCUT2D eigenvalue weighted by Crippen LogP contribution is 2.29. The average molecular weight is 232 g/mol. The summed E-state index contributed by atoms with van der Waals surface area (Å²) in [4.78, 5) is 0. The molecule has 2 nitrogen and oxygen atoms in total. The summed E-state index contributed by atoms with van der Waals surface area (Å²) in [5.41, 5.74) is 7.80. The second kappa shape index (κ2) is 5.65. The van der Waals surface area contributed by atoms with Crippen LogP contribution in [0, 0.1) is 5.92 Å². The van der Waals surface area contributed by atoms with Gasteiger partial charge in [0.1, 0.15) is 0 Å². The van der Waals surface area contributed by atoms with Crippen molar-refractivity contribution >= 4 is 0 Å². The van der Waals surface area contributed by atoms with E-state index in [4.69, 9.17) is 5.73 Å². The maximum atomic E-state index is 6.45. The quantitative estimate of drug-likeness (QED) is 0.837. The molecule has 2 rings (SSSR count). The van der Waals surface area contributed by atoms with Gasteiger partial charge in [-0.2, -0.15) is 0 Å². The predicted molar refractivity (Wildman–Crippen MR) is 72.7 cm³/mol. The van der Waals surface area contributed by atoms with Gasteiger partial charge < -0.3 is 11.1 Å². The number of benzene rings is 1. The minimum atomic E-state index is 0.0203. The molecule has 0 saturated heterocycles. The summed E-state index contributed by atoms with van der Waals surface area (Å²) in [6.07, 6.45) is 4.95. The summed E-state index contributed by atoms with van der Waals surface area (Å²) in [5.74, 6) is 0.785. The van der Waals surface area contributed by atoms with Crippen molar-refractivity contribution in [3.8, 4) is 0 Å². The van der Waals surface area contributed by atoms with E-state index in [2.05, 4.69) is 42.6 Å². The van der Waals surface area contributed by atoms with Crippen LogP contribution in [-0.2, 0) is 6.54 Å². The van der Waals surface area contributed by atoms with Gasteiger partial charge in [-0.3, -0.25) is 0 Å². The fourth-order valence-corrected chi connectivity index (χ4v) is 2.91. The standard InChI is InChI=1S/C15H24N2/c1-13-6-5-9-15(16,10-13)12-17-11-14-7-3-2-4-8-14/h2-4,7-8,13,17H,5-6,9-12,16H2,1H3. The van der Waals surface area contributed by atoms with Crippen LogP contribution in [0.15, 0.2) is 30.3 Å². The molecule has 0 aliphatic heterocycles. The SMILES string of the molecule is CC1CCCC(N)(CNCc2ccccc2)C1. The van der Waals surface area contributed by atoms with Gasteiger partial charge in [0.2, 0.25) is 0 Å². The Labute approximate surface area is 105 Å². The normalized spacial score (nSPS) is 29.2. The fourth-order valence-electron chi connectivity index (χ4n) is 2.91. The Morgan fingerprint density at radius 2 is 2.12 bits per heavy atom. The zero-order valence-electron chi connectivity index (χ0n) is 10.8. The third-order valence-electron chi connectivity index (χ3n) is 3.78. The largest absolute Gasteiger partial charge is 0.324 e. The topological polar surface area (TPSA) is 38.0 Å². The molecule has 0 spiro atoms. The highest BCUT2D eigenvalue weighted by atomic mass is 14.9. The van der Waals surface area contributed by atoms with Crippen LogP contribution in [0.2, 0.25) is 0 Å². The number of hydrogen-bond acceptors (Lipinski definition) is 2. The Balaban J connectivity index is 1.78. The molecular weight excluding hydrogens is 208 g/mol. The molecule has 1 aliphatic carbocycles. The second-order valence-corrected chi connectivity index (χ2v) is 5.65. The van der Waals surface area contributed by atoms with Crippen LogP contribution in [0.1, 0.15) is 38.2 Å². The molecule has 1 aromatic carbocycles. The van der Waals surface area contributed by atoms with Crippen molar-refractivity contribution in [2.45, 2.75) is 44.7 Å². The molecule has 2 unspecified atom stereocenters. The monoisotopic (exact) mass is 232 g/mol. The first-order valence-electron chi connectivity index (χ1n) is 6.71. The lowest BCUT2D eigenvalue weighted by molar-refractivity contribution is 0.229. The van der Waals surface area contributed by atoms with Gasteiger partial charge in [0.15, 0.2) is 0 Å². The van der Waals surface area contributed by atoms with Crippen LogP contribution in [0.4, 0.5) is 0 Å². The second-order valence-electron chi connectivity index (χ2n) is 5.65. The predicted octanol–water partition coefficient (Wildman–Crippen LogP) is 2.68. The highest BCUT2D eigenvalue weighted by Gasteiger charge is 2.30. The molecular formula is C15H24N2. The molecule has 1 aromatic rings. The van der Waals surface area contributed by atoms with Gasteiger partial charge in [0, 0.05) is 18.6 Å². The van der Waals surface area contributed by atoms with E-state index < -0.39 is 0 Å². The fraction of sp³-hybridized carbons (Fsp3) is 0.600. The molecule has 0 amide bonds. The van der Waals surface area contributed by atoms with Crippen molar-refractivity contribution in [2.75, 3.05) is 6.54 Å². The van der Waals surface area contributed by atoms with Crippen LogP contribution in [-0.4, -0.2) is 12.1 Å². The zero-order valence-corrected chi connectivity index (χ0v) is 10.8. The highest BCUT2D eigenvalue weighted by molar-refractivity contribution is 5.14. The summed E-state index contributed by atoms with van der Waals surface area (Å²) >= 11 is 0. The number of nitrogens with one attached hydrogen (secondary N) is 1. The Bertz CT molecular complexity index is 336. The Hall–Kier alpha value is -0.860. The van der Waals surface area contributed by atoms with Crippen molar-refractivity contribution in [2.24, 2.45) is 11.7 Å². The van der Waals surface area contributed by atoms with Crippen LogP contribution >= 0.6 is 0 Å². The molecule has 17 heavy (non-hydrogen) atoms. The van der Waals surface area contributed by atoms with E-state index in [0.29, 0.717) is 0 Å². The molecule has 2 heteroatoms. The third-order valence-corrected chi connectivity index (χ3v) is 3.78. The van der Waals surface area contributed by atoms with E-state index in [1.807, 2.05) is 0 Å². The maximum Gasteiger partial charge on any atom is 0.0283 e. The first-order chi connectivity index (χ1) is 8.18. The van der Waals surface area contributed by atoms with E-state index in [0.717, 1.165) is 25.4 Å². The van der Waals surface area contributed by atoms with E-state index in [-0.39, 0.29) is 5.54 Å². The van der Waals surface area contributed by atoms with Gasteiger partial charge in [-0.25, -0.2) is 0 Å². The van der Waals surface area contributed by atoms with Gasteiger partial charge in [0.05, 0.1) is 0 Å². The molecule has 0 radical (unpaired) electrons. The minimum Gasteiger partial charge on any atom is -0.324 e. The van der Waals surface area contributed by atoms with Gasteiger partial charge in [-0.15, -0.1) is 0 Å². The molecule has 1 aliphatic rings.